The van der Waals surface area contributed by atoms with Crippen LogP contribution < -0.4 is 0 Å². The molecule has 0 aliphatic carbocycles. The Hall–Kier alpha value is -3.41. The molecule has 0 amide bonds. The predicted octanol–water partition coefficient (Wildman–Crippen LogP) is 16.8. The van der Waals surface area contributed by atoms with Gasteiger partial charge in [0.1, 0.15) is 13.2 Å². The van der Waals surface area contributed by atoms with E-state index in [1.165, 1.54) is 83.5 Å². The number of ether oxygens (including phenoxy) is 3. The zero-order chi connectivity index (χ0) is 45.1. The van der Waals surface area contributed by atoms with Gasteiger partial charge < -0.3 is 14.2 Å². The maximum absolute atomic E-state index is 12.8. The van der Waals surface area contributed by atoms with Crippen LogP contribution in [0.2, 0.25) is 0 Å². The number of hydrogen-bond donors (Lipinski definition) is 0. The van der Waals surface area contributed by atoms with Crippen molar-refractivity contribution in [1.29, 1.82) is 0 Å². The Morgan fingerprint density at radius 1 is 0.339 bits per heavy atom. The summed E-state index contributed by atoms with van der Waals surface area (Å²) in [6.45, 7) is 6.35. The van der Waals surface area contributed by atoms with Crippen LogP contribution in [0.1, 0.15) is 233 Å². The van der Waals surface area contributed by atoms with Crippen molar-refractivity contribution in [2.24, 2.45) is 0 Å². The smallest absolute Gasteiger partial charge is 0.306 e. The molecule has 0 saturated heterocycles. The fourth-order valence-corrected chi connectivity index (χ4v) is 6.86. The Morgan fingerprint density at radius 2 is 0.629 bits per heavy atom. The van der Waals surface area contributed by atoms with E-state index in [-0.39, 0.29) is 37.5 Å². The lowest BCUT2D eigenvalue weighted by Gasteiger charge is -2.18. The van der Waals surface area contributed by atoms with E-state index in [9.17, 15) is 14.4 Å². The molecule has 0 aromatic heterocycles. The first-order chi connectivity index (χ1) is 30.5. The minimum absolute atomic E-state index is 0.102. The summed E-state index contributed by atoms with van der Waals surface area (Å²) < 4.78 is 16.7. The van der Waals surface area contributed by atoms with Gasteiger partial charge in [0.25, 0.3) is 0 Å². The van der Waals surface area contributed by atoms with Crippen molar-refractivity contribution in [1.82, 2.24) is 0 Å². The zero-order valence-electron chi connectivity index (χ0n) is 40.4. The number of carbonyl (C=O) groups excluding carboxylic acids is 3. The molecule has 354 valence electrons. The second-order valence-electron chi connectivity index (χ2n) is 16.7. The normalized spacial score (nSPS) is 12.8. The molecular weight excluding hydrogens is 769 g/mol. The van der Waals surface area contributed by atoms with Crippen LogP contribution in [0.4, 0.5) is 0 Å². The molecule has 62 heavy (non-hydrogen) atoms. The number of esters is 3. The molecule has 0 rings (SSSR count). The second-order valence-corrected chi connectivity index (χ2v) is 16.7. The van der Waals surface area contributed by atoms with Crippen LogP contribution in [0.15, 0.2) is 85.1 Å². The quantitative estimate of drug-likeness (QED) is 0.0263. The van der Waals surface area contributed by atoms with E-state index in [4.69, 9.17) is 14.2 Å². The predicted molar refractivity (Wildman–Crippen MR) is 265 cm³/mol. The number of unbranched alkanes of at least 4 members (excludes halogenated alkanes) is 20. The van der Waals surface area contributed by atoms with E-state index in [0.717, 1.165) is 103 Å². The van der Waals surface area contributed by atoms with Gasteiger partial charge in [-0.2, -0.15) is 0 Å². The maximum atomic E-state index is 12.8. The van der Waals surface area contributed by atoms with Crippen molar-refractivity contribution in [2.75, 3.05) is 13.2 Å². The Bertz CT molecular complexity index is 1220. The van der Waals surface area contributed by atoms with Crippen LogP contribution in [-0.2, 0) is 28.6 Å². The minimum atomic E-state index is -0.808. The summed E-state index contributed by atoms with van der Waals surface area (Å²) >= 11 is 0. The Balaban J connectivity index is 4.47. The maximum Gasteiger partial charge on any atom is 0.306 e. The third-order valence-electron chi connectivity index (χ3n) is 10.6. The van der Waals surface area contributed by atoms with E-state index in [2.05, 4.69) is 106 Å². The highest BCUT2D eigenvalue weighted by molar-refractivity contribution is 5.71. The van der Waals surface area contributed by atoms with Crippen molar-refractivity contribution in [3.05, 3.63) is 85.1 Å². The zero-order valence-corrected chi connectivity index (χ0v) is 40.4. The van der Waals surface area contributed by atoms with E-state index >= 15 is 0 Å². The molecule has 0 N–H and O–H groups in total. The number of rotatable bonds is 45. The van der Waals surface area contributed by atoms with Crippen molar-refractivity contribution in [2.45, 2.75) is 239 Å². The summed E-state index contributed by atoms with van der Waals surface area (Å²) in [6.07, 6.45) is 64.3. The number of allylic oxidation sites excluding steroid dienone is 14. The fraction of sp³-hybridized carbons (Fsp3) is 0.696. The summed E-state index contributed by atoms with van der Waals surface area (Å²) in [5.74, 6) is -0.974. The molecule has 0 aromatic rings. The minimum Gasteiger partial charge on any atom is -0.462 e. The van der Waals surface area contributed by atoms with Crippen LogP contribution in [0, 0.1) is 0 Å². The van der Waals surface area contributed by atoms with Crippen LogP contribution >= 0.6 is 0 Å². The van der Waals surface area contributed by atoms with Gasteiger partial charge in [0.05, 0.1) is 0 Å². The van der Waals surface area contributed by atoms with Crippen molar-refractivity contribution >= 4 is 17.9 Å². The van der Waals surface area contributed by atoms with Gasteiger partial charge in [-0.3, -0.25) is 14.4 Å². The molecule has 0 heterocycles. The molecule has 1 atom stereocenters. The van der Waals surface area contributed by atoms with Crippen molar-refractivity contribution in [3.8, 4) is 0 Å². The first-order valence-electron chi connectivity index (χ1n) is 25.6. The molecule has 6 nitrogen and oxygen atoms in total. The standard InChI is InChI=1S/C56H94O6/c1-4-7-10-13-16-19-22-25-27-29-31-34-37-40-43-46-49-55(58)61-52-53(51-60-54(57)48-45-42-39-36-33-30-24-21-18-15-12-9-6-3)62-56(59)50-47-44-41-38-35-32-28-26-23-20-17-14-11-8-5-2/h8-9,11-12,17-18,20-21,26,28,30,33,35,38,53H,4-7,10,13-16,19,22-25,27,29,31-32,34,36-37,39-52H2,1-3H3/b11-8-,12-9-,20-17-,21-18-,28-26-,33-30-,38-35-. The summed E-state index contributed by atoms with van der Waals surface area (Å²) in [4.78, 5) is 37.9. The van der Waals surface area contributed by atoms with Gasteiger partial charge in [0.15, 0.2) is 6.10 Å². The van der Waals surface area contributed by atoms with Crippen LogP contribution in [0.5, 0.6) is 0 Å². The molecule has 0 aliphatic rings. The Morgan fingerprint density at radius 3 is 1.02 bits per heavy atom. The highest BCUT2D eigenvalue weighted by atomic mass is 16.6. The molecule has 6 heteroatoms. The lowest BCUT2D eigenvalue weighted by Crippen LogP contribution is -2.30. The summed E-state index contributed by atoms with van der Waals surface area (Å²) in [5.41, 5.74) is 0. The van der Waals surface area contributed by atoms with Gasteiger partial charge in [-0.05, 0) is 89.9 Å². The van der Waals surface area contributed by atoms with E-state index in [1.807, 2.05) is 0 Å². The van der Waals surface area contributed by atoms with Gasteiger partial charge in [0, 0.05) is 19.3 Å². The first-order valence-corrected chi connectivity index (χ1v) is 25.6. The third-order valence-corrected chi connectivity index (χ3v) is 10.6. The first kappa shape index (κ1) is 58.6. The van der Waals surface area contributed by atoms with Crippen molar-refractivity contribution < 1.29 is 28.6 Å². The van der Waals surface area contributed by atoms with Gasteiger partial charge in [0.2, 0.25) is 0 Å². The molecule has 0 aromatic carbocycles. The van der Waals surface area contributed by atoms with Crippen LogP contribution in [-0.4, -0.2) is 37.2 Å². The molecular formula is C56H94O6. The van der Waals surface area contributed by atoms with Gasteiger partial charge in [-0.25, -0.2) is 0 Å². The molecule has 0 fully saturated rings. The van der Waals surface area contributed by atoms with E-state index in [1.54, 1.807) is 0 Å². The summed E-state index contributed by atoms with van der Waals surface area (Å²) in [7, 11) is 0. The molecule has 0 spiro atoms. The fourth-order valence-electron chi connectivity index (χ4n) is 6.86. The average Bonchev–Trinajstić information content (AvgIpc) is 3.27. The van der Waals surface area contributed by atoms with Gasteiger partial charge >= 0.3 is 17.9 Å². The molecule has 1 unspecified atom stereocenters. The lowest BCUT2D eigenvalue weighted by molar-refractivity contribution is -0.167. The number of carbonyl (C=O) groups is 3. The second kappa shape index (κ2) is 50.2. The van der Waals surface area contributed by atoms with Crippen LogP contribution in [0.3, 0.4) is 0 Å². The van der Waals surface area contributed by atoms with E-state index < -0.39 is 6.10 Å². The highest BCUT2D eigenvalue weighted by Crippen LogP contribution is 2.15. The summed E-state index contributed by atoms with van der Waals surface area (Å²) in [5, 5.41) is 0. The Labute approximate surface area is 382 Å². The molecule has 0 bridgehead atoms. The average molecular weight is 863 g/mol. The largest absolute Gasteiger partial charge is 0.462 e. The monoisotopic (exact) mass is 863 g/mol. The van der Waals surface area contributed by atoms with E-state index in [0.29, 0.717) is 19.3 Å². The topological polar surface area (TPSA) is 78.9 Å². The van der Waals surface area contributed by atoms with Gasteiger partial charge in [-0.1, -0.05) is 209 Å². The number of hydrogen-bond acceptors (Lipinski definition) is 6. The summed E-state index contributed by atoms with van der Waals surface area (Å²) in [6, 6.07) is 0. The highest BCUT2D eigenvalue weighted by Gasteiger charge is 2.19. The third kappa shape index (κ3) is 47.6. The lowest BCUT2D eigenvalue weighted by atomic mass is 10.0. The molecule has 0 aliphatic heterocycles. The Kier molecular flexibility index (Phi) is 47.5. The molecule has 0 radical (unpaired) electrons. The SMILES string of the molecule is CC/C=C\C/C=C\C/C=C\C/C=C\CCCCC(=O)OC(COC(=O)CCCCC/C=C\C/C=C\C/C=C\CC)COC(=O)CCCCCCCCCCCCCCCCCC. The van der Waals surface area contributed by atoms with Gasteiger partial charge in [-0.15, -0.1) is 0 Å². The molecule has 0 saturated carbocycles. The van der Waals surface area contributed by atoms with Crippen molar-refractivity contribution in [3.63, 3.8) is 0 Å². The van der Waals surface area contributed by atoms with Crippen LogP contribution in [0.25, 0.3) is 0 Å².